The number of hydrogen-bond acceptors (Lipinski definition) is 17. The lowest BCUT2D eigenvalue weighted by Crippen LogP contribution is -2.86. The van der Waals surface area contributed by atoms with Gasteiger partial charge in [-0.25, -0.2) is 19.2 Å². The molecular weight excluding hydrogens is 951 g/mol. The van der Waals surface area contributed by atoms with Crippen molar-refractivity contribution < 1.29 is 72.2 Å². The maximum Gasteiger partial charge on any atom is 0.356 e. The third kappa shape index (κ3) is 8.55. The first kappa shape index (κ1) is 51.8. The fourth-order valence-corrected chi connectivity index (χ4v) is 11.5. The predicted octanol–water partition coefficient (Wildman–Crippen LogP) is 3.37. The van der Waals surface area contributed by atoms with Crippen molar-refractivity contribution in [2.24, 2.45) is 16.2 Å². The third-order valence-electron chi connectivity index (χ3n) is 15.5. The summed E-state index contributed by atoms with van der Waals surface area (Å²) in [7, 11) is 0. The van der Waals surface area contributed by atoms with Gasteiger partial charge in [0.25, 0.3) is 11.5 Å². The number of hydrogen-bond donors (Lipinski definition) is 5. The molecule has 3 fully saturated rings. The van der Waals surface area contributed by atoms with Crippen molar-refractivity contribution in [3.63, 3.8) is 0 Å². The number of esters is 5. The van der Waals surface area contributed by atoms with E-state index in [0.717, 1.165) is 13.8 Å². The van der Waals surface area contributed by atoms with E-state index in [1.165, 1.54) is 71.0 Å². The number of H-pyrrole nitrogens is 2. The number of aliphatic hydroxyl groups is 2. The Bertz CT molecular complexity index is 3000. The molecule has 4 aromatic rings. The van der Waals surface area contributed by atoms with Gasteiger partial charge in [0, 0.05) is 43.7 Å². The van der Waals surface area contributed by atoms with Gasteiger partial charge >= 0.3 is 35.5 Å². The zero-order chi connectivity index (χ0) is 53.0. The van der Waals surface area contributed by atoms with Crippen LogP contribution in [0.3, 0.4) is 0 Å². The van der Waals surface area contributed by atoms with E-state index in [2.05, 4.69) is 10.3 Å². The summed E-state index contributed by atoms with van der Waals surface area (Å²) in [4.78, 5) is 129. The van der Waals surface area contributed by atoms with Gasteiger partial charge in [-0.15, -0.1) is 0 Å². The first-order valence-electron chi connectivity index (χ1n) is 23.5. The van der Waals surface area contributed by atoms with Crippen LogP contribution in [-0.2, 0) is 47.6 Å². The highest BCUT2D eigenvalue weighted by Crippen LogP contribution is 2.70. The quantitative estimate of drug-likeness (QED) is 0.0772. The topological polar surface area (TPSA) is 293 Å². The highest BCUT2D eigenvalue weighted by atomic mass is 16.6. The molecule has 0 spiro atoms. The average molecular weight is 1010 g/mol. The summed E-state index contributed by atoms with van der Waals surface area (Å²) in [5, 5.41) is 29.2. The fraction of sp³-hybridized carbons (Fsp3) is 0.415. The number of fused-ring (bicyclic) bond motifs is 5. The normalized spacial score (nSPS) is 29.7. The minimum absolute atomic E-state index is 0.00124. The van der Waals surface area contributed by atoms with E-state index in [1.807, 2.05) is 4.98 Å². The van der Waals surface area contributed by atoms with Crippen molar-refractivity contribution in [2.75, 3.05) is 6.61 Å². The number of benzene rings is 3. The van der Waals surface area contributed by atoms with Gasteiger partial charge in [-0.3, -0.25) is 29.0 Å². The summed E-state index contributed by atoms with van der Waals surface area (Å²) >= 11 is 0. The van der Waals surface area contributed by atoms with Gasteiger partial charge in [-0.2, -0.15) is 0 Å². The number of aliphatic hydroxyl groups excluding tert-OH is 1. The molecule has 11 atom stereocenters. The van der Waals surface area contributed by atoms with Crippen molar-refractivity contribution in [2.45, 2.75) is 115 Å². The summed E-state index contributed by atoms with van der Waals surface area (Å²) in [6.07, 6.45) is -11.6. The molecule has 1 aromatic heterocycles. The second kappa shape index (κ2) is 19.1. The molecule has 20 nitrogen and oxygen atoms in total. The van der Waals surface area contributed by atoms with Gasteiger partial charge in [0.1, 0.15) is 35.6 Å². The highest BCUT2D eigenvalue weighted by molar-refractivity contribution is 5.97. The molecule has 1 saturated heterocycles. The Morgan fingerprint density at radius 3 is 1.95 bits per heavy atom. The molecule has 2 saturated carbocycles. The first-order chi connectivity index (χ1) is 34.4. The van der Waals surface area contributed by atoms with Crippen LogP contribution in [0.2, 0.25) is 0 Å². The maximum absolute atomic E-state index is 15.9. The second-order valence-electron chi connectivity index (χ2n) is 19.8. The molecule has 0 unspecified atom stereocenters. The summed E-state index contributed by atoms with van der Waals surface area (Å²) in [5.74, 6) is -7.30. The van der Waals surface area contributed by atoms with Crippen molar-refractivity contribution in [3.8, 4) is 0 Å². The molecule has 0 radical (unpaired) electrons. The summed E-state index contributed by atoms with van der Waals surface area (Å²) < 4.78 is 36.8. The van der Waals surface area contributed by atoms with Gasteiger partial charge < -0.3 is 48.9 Å². The maximum atomic E-state index is 15.9. The lowest BCUT2D eigenvalue weighted by atomic mass is 9.38. The largest absolute Gasteiger partial charge is 0.455 e. The fourth-order valence-electron chi connectivity index (χ4n) is 11.5. The average Bonchev–Trinajstić information content (AvgIpc) is 3.34. The lowest BCUT2D eigenvalue weighted by molar-refractivity contribution is -0.380. The lowest BCUT2D eigenvalue weighted by Gasteiger charge is -2.72. The van der Waals surface area contributed by atoms with E-state index >= 15 is 9.59 Å². The van der Waals surface area contributed by atoms with Crippen LogP contribution in [0, 0.1) is 16.2 Å². The van der Waals surface area contributed by atoms with Gasteiger partial charge in [-0.1, -0.05) is 87.5 Å². The van der Waals surface area contributed by atoms with Crippen LogP contribution in [-0.4, -0.2) is 116 Å². The predicted molar refractivity (Wildman–Crippen MR) is 253 cm³/mol. The van der Waals surface area contributed by atoms with Crippen LogP contribution in [0.4, 0.5) is 0 Å². The first-order valence-corrected chi connectivity index (χ1v) is 23.5. The Balaban J connectivity index is 1.34. The standard InChI is InChI=1S/C53H55N3O17/c1-27-34(70-46(65)41(71-45(64)33-23-37(60)55-48(66)54-33)39(30-17-11-8-12-18-30)56-43(62)31-19-13-9-14-20-31)25-52(67)47(72-44(63)32-21-15-10-16-22-32)51(7)50(6,35(59)24-36-53(51,26-68-36)73-29(3)58)42(61)40(69-28(2)57)38(27)49(52,4)5/h8-23,34-36,39-41,47,59,67H,24-26H2,1-7H3,(H,56,62)(H2,54,55,60,66)/t34-,35-,36+,39-,40+,41+,47-,50-,51-,52+,53-/m0/s1. The van der Waals surface area contributed by atoms with E-state index in [4.69, 9.17) is 28.4 Å². The Kier molecular flexibility index (Phi) is 13.6. The van der Waals surface area contributed by atoms with Gasteiger partial charge in [-0.05, 0) is 54.8 Å². The van der Waals surface area contributed by atoms with E-state index in [9.17, 15) is 43.8 Å². The number of amides is 1. The van der Waals surface area contributed by atoms with E-state index in [1.54, 1.807) is 54.6 Å². The van der Waals surface area contributed by atoms with Crippen molar-refractivity contribution in [1.29, 1.82) is 0 Å². The highest BCUT2D eigenvalue weighted by Gasteiger charge is 2.84. The van der Waals surface area contributed by atoms with Gasteiger partial charge in [0.2, 0.25) is 6.10 Å². The molecule has 4 aliphatic rings. The van der Waals surface area contributed by atoms with E-state index in [0.29, 0.717) is 6.07 Å². The van der Waals surface area contributed by atoms with Crippen LogP contribution < -0.4 is 16.6 Å². The Morgan fingerprint density at radius 1 is 0.781 bits per heavy atom. The third-order valence-corrected chi connectivity index (χ3v) is 15.5. The Hall–Kier alpha value is -7.55. The molecule has 384 valence electrons. The van der Waals surface area contributed by atoms with E-state index in [-0.39, 0.29) is 34.3 Å². The molecule has 2 bridgehead atoms. The molecular formula is C53H55N3O17. The second-order valence-corrected chi connectivity index (χ2v) is 19.8. The van der Waals surface area contributed by atoms with Crippen molar-refractivity contribution >= 4 is 41.5 Å². The van der Waals surface area contributed by atoms with Crippen LogP contribution in [0.25, 0.3) is 0 Å². The van der Waals surface area contributed by atoms with E-state index < -0.39 is 142 Å². The van der Waals surface area contributed by atoms with Crippen LogP contribution in [0.1, 0.15) is 104 Å². The smallest absolute Gasteiger partial charge is 0.356 e. The van der Waals surface area contributed by atoms with Crippen LogP contribution in [0.5, 0.6) is 0 Å². The van der Waals surface area contributed by atoms with Crippen LogP contribution in [0.15, 0.2) is 118 Å². The summed E-state index contributed by atoms with van der Waals surface area (Å²) in [6.45, 7) is 9.02. The van der Waals surface area contributed by atoms with Crippen LogP contribution >= 0.6 is 0 Å². The van der Waals surface area contributed by atoms with Crippen molar-refractivity contribution in [1.82, 2.24) is 15.3 Å². The molecule has 2 heterocycles. The molecule has 73 heavy (non-hydrogen) atoms. The number of ether oxygens (including phenoxy) is 6. The molecule has 5 N–H and O–H groups in total. The molecule has 3 aliphatic carbocycles. The van der Waals surface area contributed by atoms with Gasteiger partial charge in [0.15, 0.2) is 17.5 Å². The number of aromatic nitrogens is 2. The zero-order valence-electron chi connectivity index (χ0n) is 40.9. The molecule has 20 heteroatoms. The van der Waals surface area contributed by atoms with Gasteiger partial charge in [0.05, 0.1) is 29.1 Å². The number of rotatable bonds is 12. The Morgan fingerprint density at radius 2 is 1.38 bits per heavy atom. The minimum Gasteiger partial charge on any atom is -0.455 e. The monoisotopic (exact) mass is 1010 g/mol. The minimum atomic E-state index is -2.58. The number of nitrogens with one attached hydrogen (secondary N) is 3. The SMILES string of the molecule is CC(=O)O[C@H]1C(=O)[C@]2(C)[C@@H](O)C[C@H]3OC[C@@]3(OC(C)=O)[C@@]2(C)[C@H](OC(=O)c2ccccc2)[C@]2(O)C[C@H](OC(=O)[C@H](OC(=O)c3cc(=O)[nH]c(=O)[nH]3)[C@@H](NC(=O)c3ccccc3)c3ccccc3)C(C)=C1C2(C)C. The summed E-state index contributed by atoms with van der Waals surface area (Å²) in [5.41, 5.74) is -13.2. The zero-order valence-corrected chi connectivity index (χ0v) is 40.9. The summed E-state index contributed by atoms with van der Waals surface area (Å²) in [6, 6.07) is 22.5. The molecule has 1 aliphatic heterocycles. The van der Waals surface area contributed by atoms with Crippen molar-refractivity contribution in [3.05, 3.63) is 151 Å². The Labute approximate surface area is 417 Å². The molecule has 1 amide bonds. The molecule has 3 aromatic carbocycles. The number of carbonyl (C=O) groups is 7. The number of aromatic amines is 2. The number of ketones is 1. The molecule has 8 rings (SSSR count). The number of Topliss-reactive ketones (excluding diaryl/α,β-unsaturated/α-hetero) is 1. The number of carbonyl (C=O) groups excluding carboxylic acids is 7.